The number of hydrogen-bond acceptors (Lipinski definition) is 13. The second-order valence-electron chi connectivity index (χ2n) is 17.2. The van der Waals surface area contributed by atoms with Crippen molar-refractivity contribution in [2.24, 2.45) is 11.5 Å². The van der Waals surface area contributed by atoms with Gasteiger partial charge < -0.3 is 70.2 Å². The average Bonchev–Trinajstić information content (AvgIpc) is 3.32. The van der Waals surface area contributed by atoms with Gasteiger partial charge in [0.25, 0.3) is 5.91 Å². The number of amides is 9. The summed E-state index contributed by atoms with van der Waals surface area (Å²) in [6.45, 7) is 7.02. The van der Waals surface area contributed by atoms with E-state index in [0.29, 0.717) is 50.0 Å². The van der Waals surface area contributed by atoms with Crippen molar-refractivity contribution in [1.82, 2.24) is 47.9 Å². The van der Waals surface area contributed by atoms with Crippen LogP contribution in [-0.2, 0) is 49.6 Å². The smallest absolute Gasteiger partial charge is 0.326 e. The molecule has 0 saturated heterocycles. The van der Waals surface area contributed by atoms with E-state index in [1.165, 1.54) is 58.9 Å². The first-order valence-electron chi connectivity index (χ1n) is 23.5. The van der Waals surface area contributed by atoms with Gasteiger partial charge >= 0.3 is 5.97 Å². The summed E-state index contributed by atoms with van der Waals surface area (Å²) in [5, 5.41) is 31.0. The molecule has 0 fully saturated rings. The van der Waals surface area contributed by atoms with Crippen LogP contribution in [0.1, 0.15) is 95.5 Å². The van der Waals surface area contributed by atoms with Crippen LogP contribution in [0.15, 0.2) is 54.6 Å². The zero-order chi connectivity index (χ0) is 54.1. The van der Waals surface area contributed by atoms with Crippen molar-refractivity contribution in [3.05, 3.63) is 65.7 Å². The quantitative estimate of drug-likeness (QED) is 0.0305. The largest absolute Gasteiger partial charge is 0.480 e. The van der Waals surface area contributed by atoms with Gasteiger partial charge in [-0.25, -0.2) is 13.6 Å². The number of alkyl halides is 2. The first-order valence-corrected chi connectivity index (χ1v) is 23.5. The molecule has 16 N–H and O–H groups in total. The SMILES string of the molecule is C[C@H](NC(=O)[C@H](C)NC(=O)[C@H](CC(F)F)NC(=O)[C@H](Cc1ccccc1)NC(=O)[C@H](C)NC(=O)[C@H](C)NC(=O)[C@H](CCCCN)NC(=O)c1ccc(N)cc1)C(=O)N[C@@H](C)C(=O)N[C@@H](CCCCN)C(=O)O. The molecular formula is C47H70F2N12O11. The van der Waals surface area contributed by atoms with E-state index in [2.05, 4.69) is 47.9 Å². The van der Waals surface area contributed by atoms with Gasteiger partial charge in [-0.3, -0.25) is 43.2 Å². The molecule has 0 aliphatic rings. The molecular weight excluding hydrogens is 947 g/mol. The minimum absolute atomic E-state index is 0.101. The summed E-state index contributed by atoms with van der Waals surface area (Å²) in [6.07, 6.45) is -2.30. The molecule has 0 aromatic heterocycles. The van der Waals surface area contributed by atoms with Crippen LogP contribution in [0.2, 0.25) is 0 Å². The lowest BCUT2D eigenvalue weighted by Gasteiger charge is -2.26. The molecule has 0 spiro atoms. The second kappa shape index (κ2) is 31.1. The molecule has 9 atom stereocenters. The number of hydrogen-bond donors (Lipinski definition) is 13. The molecule has 0 aliphatic heterocycles. The highest BCUT2D eigenvalue weighted by atomic mass is 19.3. The third kappa shape index (κ3) is 21.8. The third-order valence-corrected chi connectivity index (χ3v) is 11.0. The Balaban J connectivity index is 2.12. The van der Waals surface area contributed by atoms with Crippen LogP contribution in [0.5, 0.6) is 0 Å². The Labute approximate surface area is 416 Å². The average molecular weight is 1020 g/mol. The van der Waals surface area contributed by atoms with Crippen LogP contribution < -0.4 is 65.1 Å². The molecule has 0 unspecified atom stereocenters. The summed E-state index contributed by atoms with van der Waals surface area (Å²) >= 11 is 0. The van der Waals surface area contributed by atoms with Gasteiger partial charge in [-0.2, -0.15) is 0 Å². The lowest BCUT2D eigenvalue weighted by Crippen LogP contribution is -2.60. The predicted molar refractivity (Wildman–Crippen MR) is 260 cm³/mol. The Hall–Kier alpha value is -7.28. The van der Waals surface area contributed by atoms with Crippen molar-refractivity contribution >= 4 is 64.8 Å². The number of carboxylic acids is 1. The number of nitrogens with two attached hydrogens (primary N) is 3. The molecule has 0 radical (unpaired) electrons. The topological polar surface area (TPSA) is 377 Å². The van der Waals surface area contributed by atoms with Crippen molar-refractivity contribution in [2.75, 3.05) is 18.8 Å². The van der Waals surface area contributed by atoms with Crippen LogP contribution >= 0.6 is 0 Å². The molecule has 23 nitrogen and oxygen atoms in total. The molecule has 0 heterocycles. The Morgan fingerprint density at radius 2 is 0.847 bits per heavy atom. The van der Waals surface area contributed by atoms with E-state index in [9.17, 15) is 61.8 Å². The fourth-order valence-electron chi connectivity index (χ4n) is 6.69. The standard InChI is InChI=1S/C47H70F2N12O11/c1-25(38(62)54-28(4)41(65)59-34(47(71)72)16-10-12-22-51)53-40(64)27(3)57-45(69)36(24-37(48)49)61-46(70)35(23-30-13-7-6-8-14-30)60-42(66)29(5)55-39(63)26(2)56-44(68)33(15-9-11-21-50)58-43(67)31-17-19-32(52)20-18-31/h6-8,13-14,17-20,25-29,33-37H,9-12,15-16,21-24,50-52H2,1-5H3,(H,53,64)(H,54,62)(H,55,63)(H,56,68)(H,57,69)(H,58,67)(H,59,65)(H,60,66)(H,61,70)(H,71,72)/t25-,26-,27-,28-,29-,33-,34-,35-,36-/m0/s1. The predicted octanol–water partition coefficient (Wildman–Crippen LogP) is -1.41. The van der Waals surface area contributed by atoms with E-state index in [1.54, 1.807) is 30.3 Å². The van der Waals surface area contributed by atoms with Gasteiger partial charge in [-0.05, 0) is 116 Å². The van der Waals surface area contributed by atoms with Crippen LogP contribution in [0.25, 0.3) is 0 Å². The summed E-state index contributed by atoms with van der Waals surface area (Å²) in [7, 11) is 0. The minimum atomic E-state index is -3.15. The van der Waals surface area contributed by atoms with Crippen LogP contribution in [0.4, 0.5) is 14.5 Å². The molecule has 2 rings (SSSR count). The van der Waals surface area contributed by atoms with Crippen LogP contribution in [-0.4, -0.2) is 138 Å². The van der Waals surface area contributed by atoms with Crippen molar-refractivity contribution < 1.29 is 61.8 Å². The van der Waals surface area contributed by atoms with Gasteiger partial charge in [0.05, 0.1) is 0 Å². The Morgan fingerprint density at radius 1 is 0.472 bits per heavy atom. The lowest BCUT2D eigenvalue weighted by atomic mass is 10.0. The fourth-order valence-corrected chi connectivity index (χ4v) is 6.69. The number of halogens is 2. The first kappa shape index (κ1) is 60.8. The van der Waals surface area contributed by atoms with Crippen molar-refractivity contribution in [2.45, 2.75) is 147 Å². The van der Waals surface area contributed by atoms with Gasteiger partial charge in [0, 0.05) is 24.1 Å². The molecule has 0 aliphatic carbocycles. The number of nitrogen functional groups attached to an aromatic ring is 1. The Kier molecular flexibility index (Phi) is 26.3. The number of carboxylic acid groups (broad SMARTS) is 1. The normalized spacial score (nSPS) is 14.8. The number of benzene rings is 2. The molecule has 25 heteroatoms. The summed E-state index contributed by atoms with van der Waals surface area (Å²) in [6, 6.07) is 1.84. The van der Waals surface area contributed by atoms with Crippen LogP contribution in [0, 0.1) is 0 Å². The van der Waals surface area contributed by atoms with Crippen molar-refractivity contribution in [3.8, 4) is 0 Å². The highest BCUT2D eigenvalue weighted by molar-refractivity contribution is 6.00. The molecule has 398 valence electrons. The number of carbonyl (C=O) groups is 10. The van der Waals surface area contributed by atoms with Gasteiger partial charge in [0.1, 0.15) is 54.4 Å². The van der Waals surface area contributed by atoms with Gasteiger partial charge in [0.15, 0.2) is 0 Å². The Morgan fingerprint density at radius 3 is 1.28 bits per heavy atom. The van der Waals surface area contributed by atoms with E-state index in [0.717, 1.165) is 0 Å². The molecule has 2 aromatic rings. The number of nitrogens with one attached hydrogen (secondary N) is 9. The van der Waals surface area contributed by atoms with E-state index >= 15 is 0 Å². The summed E-state index contributed by atoms with van der Waals surface area (Å²) < 4.78 is 27.8. The second-order valence-corrected chi connectivity index (χ2v) is 17.2. The highest BCUT2D eigenvalue weighted by Crippen LogP contribution is 2.11. The lowest BCUT2D eigenvalue weighted by molar-refractivity contribution is -0.142. The molecule has 2 aromatic carbocycles. The zero-order valence-electron chi connectivity index (χ0n) is 41.1. The number of aliphatic carboxylic acids is 1. The number of rotatable bonds is 31. The maximum Gasteiger partial charge on any atom is 0.326 e. The van der Waals surface area contributed by atoms with E-state index in [1.807, 2.05) is 0 Å². The first-order chi connectivity index (χ1) is 34.0. The zero-order valence-corrected chi connectivity index (χ0v) is 41.1. The monoisotopic (exact) mass is 1020 g/mol. The number of anilines is 1. The molecule has 9 amide bonds. The summed E-state index contributed by atoms with van der Waals surface area (Å²) in [5.41, 5.74) is 17.9. The maximum atomic E-state index is 13.9. The van der Waals surface area contributed by atoms with E-state index in [-0.39, 0.29) is 24.8 Å². The number of unbranched alkanes of at least 4 members (excludes halogenated alkanes) is 2. The summed E-state index contributed by atoms with van der Waals surface area (Å²) in [5.74, 6) is -9.20. The maximum absolute atomic E-state index is 13.9. The molecule has 0 saturated carbocycles. The highest BCUT2D eigenvalue weighted by Gasteiger charge is 2.33. The van der Waals surface area contributed by atoms with Crippen molar-refractivity contribution in [1.29, 1.82) is 0 Å². The van der Waals surface area contributed by atoms with Gasteiger partial charge in [-0.1, -0.05) is 30.3 Å². The van der Waals surface area contributed by atoms with E-state index in [4.69, 9.17) is 17.2 Å². The molecule has 0 bridgehead atoms. The fraction of sp³-hybridized carbons (Fsp3) is 0.532. The number of carbonyl (C=O) groups excluding carboxylic acids is 9. The van der Waals surface area contributed by atoms with E-state index < -0.39 is 126 Å². The minimum Gasteiger partial charge on any atom is -0.480 e. The summed E-state index contributed by atoms with van der Waals surface area (Å²) in [4.78, 5) is 130. The van der Waals surface area contributed by atoms with Gasteiger partial charge in [-0.15, -0.1) is 0 Å². The molecule has 72 heavy (non-hydrogen) atoms. The van der Waals surface area contributed by atoms with Crippen molar-refractivity contribution in [3.63, 3.8) is 0 Å². The van der Waals surface area contributed by atoms with Gasteiger partial charge in [0.2, 0.25) is 53.7 Å². The van der Waals surface area contributed by atoms with Crippen LogP contribution in [0.3, 0.4) is 0 Å². The third-order valence-electron chi connectivity index (χ3n) is 11.0. The Bertz CT molecular complexity index is 2160.